The Kier molecular flexibility index (Phi) is 8.87. The third-order valence-corrected chi connectivity index (χ3v) is 5.95. The van der Waals surface area contributed by atoms with Crippen molar-refractivity contribution in [1.29, 1.82) is 0 Å². The summed E-state index contributed by atoms with van der Waals surface area (Å²) in [6.07, 6.45) is 3.92. The van der Waals surface area contributed by atoms with Crippen LogP contribution in [0.3, 0.4) is 0 Å². The maximum atomic E-state index is 13.3. The molecular formula is C30H30N2O6. The SMILES string of the molecule is CCCCOc1ccc(C(=O)O/N=C2/C(=O)N(C(=O)c3ccc(OCCCC)cc3)c3ccccc32)cc1. The van der Waals surface area contributed by atoms with E-state index < -0.39 is 17.8 Å². The first-order valence-electron chi connectivity index (χ1n) is 12.8. The standard InChI is InChI=1S/C30H30N2O6/c1-3-5-19-36-23-15-11-21(12-16-23)28(33)32-26-10-8-7-9-25(26)27(29(32)34)31-38-30(35)22-13-17-24(18-14-22)37-20-6-4-2/h7-18H,3-6,19-20H2,1-2H3/b31-27+. The summed E-state index contributed by atoms with van der Waals surface area (Å²) in [4.78, 5) is 45.3. The van der Waals surface area contributed by atoms with Crippen LogP contribution in [-0.4, -0.2) is 36.7 Å². The van der Waals surface area contributed by atoms with Crippen LogP contribution in [0.25, 0.3) is 0 Å². The summed E-state index contributed by atoms with van der Waals surface area (Å²) in [5.74, 6) is -0.621. The van der Waals surface area contributed by atoms with E-state index in [0.29, 0.717) is 41.5 Å². The molecule has 3 aromatic carbocycles. The molecule has 0 saturated carbocycles. The lowest BCUT2D eigenvalue weighted by Crippen LogP contribution is -2.36. The van der Waals surface area contributed by atoms with E-state index >= 15 is 0 Å². The monoisotopic (exact) mass is 514 g/mol. The third-order valence-electron chi connectivity index (χ3n) is 5.95. The number of carbonyl (C=O) groups is 3. The van der Waals surface area contributed by atoms with Crippen molar-refractivity contribution < 1.29 is 28.7 Å². The van der Waals surface area contributed by atoms with Crippen LogP contribution in [0, 0.1) is 0 Å². The van der Waals surface area contributed by atoms with E-state index in [1.54, 1.807) is 72.8 Å². The van der Waals surface area contributed by atoms with Crippen LogP contribution >= 0.6 is 0 Å². The Morgan fingerprint density at radius 2 is 1.32 bits per heavy atom. The number of ether oxygens (including phenoxy) is 2. The van der Waals surface area contributed by atoms with Crippen molar-refractivity contribution in [1.82, 2.24) is 0 Å². The number of fused-ring (bicyclic) bond motifs is 1. The van der Waals surface area contributed by atoms with E-state index in [0.717, 1.165) is 30.6 Å². The molecule has 1 aliphatic heterocycles. The maximum absolute atomic E-state index is 13.3. The number of hydrogen-bond acceptors (Lipinski definition) is 7. The van der Waals surface area contributed by atoms with Gasteiger partial charge in [0.25, 0.3) is 11.8 Å². The zero-order valence-corrected chi connectivity index (χ0v) is 21.5. The number of hydrogen-bond donors (Lipinski definition) is 0. The highest BCUT2D eigenvalue weighted by atomic mass is 16.7. The minimum Gasteiger partial charge on any atom is -0.494 e. The van der Waals surface area contributed by atoms with Crippen molar-refractivity contribution in [2.45, 2.75) is 39.5 Å². The van der Waals surface area contributed by atoms with E-state index in [9.17, 15) is 14.4 Å². The molecule has 0 bridgehead atoms. The van der Waals surface area contributed by atoms with Crippen LogP contribution in [0.5, 0.6) is 11.5 Å². The highest BCUT2D eigenvalue weighted by Crippen LogP contribution is 2.31. The Balaban J connectivity index is 1.48. The number of para-hydroxylation sites is 1. The number of imide groups is 1. The van der Waals surface area contributed by atoms with Crippen molar-refractivity contribution >= 4 is 29.2 Å². The second kappa shape index (κ2) is 12.7. The van der Waals surface area contributed by atoms with Gasteiger partial charge in [-0.2, -0.15) is 0 Å². The maximum Gasteiger partial charge on any atom is 0.365 e. The highest BCUT2D eigenvalue weighted by Gasteiger charge is 2.39. The topological polar surface area (TPSA) is 94.5 Å². The zero-order valence-electron chi connectivity index (χ0n) is 21.5. The van der Waals surface area contributed by atoms with Gasteiger partial charge in [0.2, 0.25) is 0 Å². The quantitative estimate of drug-likeness (QED) is 0.139. The second-order valence-electron chi connectivity index (χ2n) is 8.73. The van der Waals surface area contributed by atoms with Crippen molar-refractivity contribution in [2.24, 2.45) is 5.16 Å². The van der Waals surface area contributed by atoms with Crippen LogP contribution in [-0.2, 0) is 9.63 Å². The van der Waals surface area contributed by atoms with Crippen LogP contribution in [0.2, 0.25) is 0 Å². The van der Waals surface area contributed by atoms with Gasteiger partial charge < -0.3 is 14.3 Å². The highest BCUT2D eigenvalue weighted by molar-refractivity contribution is 6.58. The van der Waals surface area contributed by atoms with Crippen LogP contribution in [0.15, 0.2) is 78.0 Å². The van der Waals surface area contributed by atoms with Crippen LogP contribution in [0.4, 0.5) is 5.69 Å². The normalized spacial score (nSPS) is 13.4. The summed E-state index contributed by atoms with van der Waals surface area (Å²) >= 11 is 0. The molecule has 8 heteroatoms. The molecule has 0 saturated heterocycles. The number of benzene rings is 3. The van der Waals surface area contributed by atoms with Gasteiger partial charge in [0.05, 0.1) is 24.5 Å². The van der Waals surface area contributed by atoms with Gasteiger partial charge in [-0.3, -0.25) is 9.59 Å². The van der Waals surface area contributed by atoms with Crippen LogP contribution < -0.4 is 14.4 Å². The molecule has 4 rings (SSSR count). The molecule has 1 aliphatic rings. The number of nitrogens with zero attached hydrogens (tertiary/aromatic N) is 2. The molecule has 8 nitrogen and oxygen atoms in total. The number of anilines is 1. The average Bonchev–Trinajstić information content (AvgIpc) is 3.23. The van der Waals surface area contributed by atoms with Crippen LogP contribution in [0.1, 0.15) is 65.8 Å². The average molecular weight is 515 g/mol. The molecule has 0 fully saturated rings. The lowest BCUT2D eigenvalue weighted by molar-refractivity contribution is -0.111. The Morgan fingerprint density at radius 3 is 1.89 bits per heavy atom. The van der Waals surface area contributed by atoms with Gasteiger partial charge in [-0.15, -0.1) is 0 Å². The molecule has 0 radical (unpaired) electrons. The molecule has 0 atom stereocenters. The second-order valence-corrected chi connectivity index (χ2v) is 8.73. The number of amides is 2. The summed E-state index contributed by atoms with van der Waals surface area (Å²) < 4.78 is 11.3. The predicted molar refractivity (Wildman–Crippen MR) is 144 cm³/mol. The minimum absolute atomic E-state index is 0.124. The van der Waals surface area contributed by atoms with Gasteiger partial charge in [0.15, 0.2) is 5.71 Å². The van der Waals surface area contributed by atoms with Gasteiger partial charge in [-0.25, -0.2) is 9.69 Å². The molecule has 0 unspecified atom stereocenters. The van der Waals surface area contributed by atoms with E-state index in [4.69, 9.17) is 14.3 Å². The number of unbranched alkanes of at least 4 members (excludes halogenated alkanes) is 2. The summed E-state index contributed by atoms with van der Waals surface area (Å²) in [5.41, 5.74) is 1.22. The Hall–Kier alpha value is -4.46. The van der Waals surface area contributed by atoms with Gasteiger partial charge in [-0.05, 0) is 67.4 Å². The van der Waals surface area contributed by atoms with E-state index in [1.165, 1.54) is 0 Å². The molecule has 0 spiro atoms. The molecule has 1 heterocycles. The molecule has 0 aliphatic carbocycles. The zero-order chi connectivity index (χ0) is 26.9. The number of rotatable bonds is 11. The molecule has 196 valence electrons. The summed E-state index contributed by atoms with van der Waals surface area (Å²) in [6.45, 7) is 5.35. The van der Waals surface area contributed by atoms with Gasteiger partial charge in [0.1, 0.15) is 11.5 Å². The molecule has 2 amide bonds. The van der Waals surface area contributed by atoms with Crippen molar-refractivity contribution in [3.05, 3.63) is 89.5 Å². The summed E-state index contributed by atoms with van der Waals surface area (Å²) in [5, 5.41) is 3.86. The summed E-state index contributed by atoms with van der Waals surface area (Å²) in [7, 11) is 0. The summed E-state index contributed by atoms with van der Waals surface area (Å²) in [6, 6.07) is 19.9. The molecule has 0 aromatic heterocycles. The number of carbonyl (C=O) groups excluding carboxylic acids is 3. The van der Waals surface area contributed by atoms with Crippen molar-refractivity contribution in [2.75, 3.05) is 18.1 Å². The van der Waals surface area contributed by atoms with Crippen molar-refractivity contribution in [3.63, 3.8) is 0 Å². The first-order chi connectivity index (χ1) is 18.5. The first-order valence-corrected chi connectivity index (χ1v) is 12.8. The van der Waals surface area contributed by atoms with Gasteiger partial charge in [-0.1, -0.05) is 50.0 Å². The molecular weight excluding hydrogens is 484 g/mol. The van der Waals surface area contributed by atoms with E-state index in [-0.39, 0.29) is 11.3 Å². The smallest absolute Gasteiger partial charge is 0.365 e. The van der Waals surface area contributed by atoms with Gasteiger partial charge >= 0.3 is 5.97 Å². The van der Waals surface area contributed by atoms with E-state index in [2.05, 4.69) is 19.0 Å². The molecule has 38 heavy (non-hydrogen) atoms. The van der Waals surface area contributed by atoms with Gasteiger partial charge in [0, 0.05) is 11.1 Å². The lowest BCUT2D eigenvalue weighted by Gasteiger charge is -2.15. The Morgan fingerprint density at radius 1 is 0.763 bits per heavy atom. The Labute approximate surface area is 221 Å². The molecule has 0 N–H and O–H groups in total. The third kappa shape index (κ3) is 6.08. The van der Waals surface area contributed by atoms with E-state index in [1.807, 2.05) is 0 Å². The fourth-order valence-corrected chi connectivity index (χ4v) is 3.81. The predicted octanol–water partition coefficient (Wildman–Crippen LogP) is 5.79. The largest absolute Gasteiger partial charge is 0.494 e. The first kappa shape index (κ1) is 26.6. The fraction of sp³-hybridized carbons (Fsp3) is 0.267. The fourth-order valence-electron chi connectivity index (χ4n) is 3.81. The minimum atomic E-state index is -0.730. The molecule has 3 aromatic rings. The lowest BCUT2D eigenvalue weighted by atomic mass is 10.1. The Bertz CT molecular complexity index is 1320. The number of oxime groups is 1. The van der Waals surface area contributed by atoms with Crippen molar-refractivity contribution in [3.8, 4) is 11.5 Å².